The molecule has 1 fully saturated rings. The fraction of sp³-hybridized carbons (Fsp3) is 0.571. The fourth-order valence-electron chi connectivity index (χ4n) is 3.59. The van der Waals surface area contributed by atoms with Gasteiger partial charge in [0, 0.05) is 14.2 Å². The van der Waals surface area contributed by atoms with Crippen molar-refractivity contribution in [2.75, 3.05) is 41.0 Å². The van der Waals surface area contributed by atoms with Gasteiger partial charge >= 0.3 is 0 Å². The first-order valence-electron chi connectivity index (χ1n) is 9.34. The van der Waals surface area contributed by atoms with Crippen LogP contribution in [0.25, 0.3) is 0 Å². The zero-order valence-electron chi connectivity index (χ0n) is 16.3. The Morgan fingerprint density at radius 3 is 2.15 bits per heavy atom. The Balaban J connectivity index is 2.18. The van der Waals surface area contributed by atoms with Gasteiger partial charge in [-0.25, -0.2) is 0 Å². The maximum absolute atomic E-state index is 13.5. The van der Waals surface area contributed by atoms with Crippen LogP contribution >= 0.6 is 0 Å². The SMILES string of the molecule is C=CC[C@H](C(=O)N1[C@@H](COCOC)CC[C@@H]1COCOC)c1ccccc1. The molecule has 1 amide bonds. The van der Waals surface area contributed by atoms with Gasteiger partial charge in [-0.3, -0.25) is 4.79 Å². The molecule has 0 N–H and O–H groups in total. The zero-order chi connectivity index (χ0) is 19.5. The summed E-state index contributed by atoms with van der Waals surface area (Å²) < 4.78 is 21.1. The van der Waals surface area contributed by atoms with E-state index in [9.17, 15) is 4.79 Å². The maximum Gasteiger partial charge on any atom is 0.231 e. The smallest absolute Gasteiger partial charge is 0.231 e. The third kappa shape index (κ3) is 6.14. The molecule has 2 rings (SSSR count). The quantitative estimate of drug-likeness (QED) is 0.318. The second-order valence-corrected chi connectivity index (χ2v) is 6.67. The molecule has 6 heteroatoms. The van der Waals surface area contributed by atoms with E-state index < -0.39 is 0 Å². The first-order chi connectivity index (χ1) is 13.2. The van der Waals surface area contributed by atoms with E-state index in [4.69, 9.17) is 18.9 Å². The van der Waals surface area contributed by atoms with Crippen LogP contribution in [0.5, 0.6) is 0 Å². The van der Waals surface area contributed by atoms with E-state index in [1.54, 1.807) is 20.3 Å². The minimum atomic E-state index is -0.253. The Morgan fingerprint density at radius 2 is 1.67 bits per heavy atom. The van der Waals surface area contributed by atoms with Gasteiger partial charge in [-0.1, -0.05) is 36.4 Å². The van der Waals surface area contributed by atoms with Gasteiger partial charge in [0.25, 0.3) is 0 Å². The number of carbonyl (C=O) groups is 1. The average Bonchev–Trinajstić information content (AvgIpc) is 3.09. The van der Waals surface area contributed by atoms with Crippen LogP contribution in [0.15, 0.2) is 43.0 Å². The molecule has 1 heterocycles. The Kier molecular flexibility index (Phi) is 9.48. The minimum Gasteiger partial charge on any atom is -0.359 e. The zero-order valence-corrected chi connectivity index (χ0v) is 16.3. The number of hydrogen-bond donors (Lipinski definition) is 0. The lowest BCUT2D eigenvalue weighted by atomic mass is 9.93. The maximum atomic E-state index is 13.5. The lowest BCUT2D eigenvalue weighted by Gasteiger charge is -2.33. The van der Waals surface area contributed by atoms with Crippen molar-refractivity contribution in [1.82, 2.24) is 4.90 Å². The van der Waals surface area contributed by atoms with Crippen LogP contribution in [0.4, 0.5) is 0 Å². The highest BCUT2D eigenvalue weighted by Crippen LogP contribution is 2.31. The number of carbonyl (C=O) groups excluding carboxylic acids is 1. The van der Waals surface area contributed by atoms with Gasteiger partial charge < -0.3 is 23.8 Å². The van der Waals surface area contributed by atoms with E-state index in [1.807, 2.05) is 35.2 Å². The Labute approximate surface area is 162 Å². The molecule has 0 radical (unpaired) electrons. The van der Waals surface area contributed by atoms with Gasteiger partial charge in [0.15, 0.2) is 0 Å². The van der Waals surface area contributed by atoms with E-state index >= 15 is 0 Å². The number of rotatable bonds is 12. The van der Waals surface area contributed by atoms with Crippen LogP contribution in [-0.4, -0.2) is 63.9 Å². The first-order valence-corrected chi connectivity index (χ1v) is 9.34. The summed E-state index contributed by atoms with van der Waals surface area (Å²) in [6.07, 6.45) is 4.16. The molecule has 0 saturated carbocycles. The molecule has 0 unspecified atom stereocenters. The Bertz CT molecular complexity index is 547. The molecule has 1 aliphatic rings. The Morgan fingerprint density at radius 1 is 1.11 bits per heavy atom. The van der Waals surface area contributed by atoms with Gasteiger partial charge in [0.2, 0.25) is 5.91 Å². The molecule has 1 saturated heterocycles. The second kappa shape index (κ2) is 11.9. The normalized spacial score (nSPS) is 20.6. The first kappa shape index (κ1) is 21.6. The summed E-state index contributed by atoms with van der Waals surface area (Å²) in [5, 5.41) is 0. The standard InChI is InChI=1S/C21H31NO5/c1-4-8-20(17-9-6-5-7-10-17)21(23)22-18(13-26-15-24-2)11-12-19(22)14-27-16-25-3/h4-7,9-10,18-20H,1,8,11-16H2,2-3H3/t18-,19-,20+/m1/s1. The molecule has 0 aromatic heterocycles. The molecule has 0 spiro atoms. The number of amides is 1. The lowest BCUT2D eigenvalue weighted by molar-refractivity contribution is -0.141. The largest absolute Gasteiger partial charge is 0.359 e. The van der Waals surface area contributed by atoms with Crippen molar-refractivity contribution in [1.29, 1.82) is 0 Å². The number of ether oxygens (including phenoxy) is 4. The van der Waals surface area contributed by atoms with Crippen molar-refractivity contribution in [2.45, 2.75) is 37.3 Å². The van der Waals surface area contributed by atoms with Gasteiger partial charge in [-0.05, 0) is 24.8 Å². The van der Waals surface area contributed by atoms with Gasteiger partial charge in [0.05, 0.1) is 31.2 Å². The second-order valence-electron chi connectivity index (χ2n) is 6.67. The number of likely N-dealkylation sites (tertiary alicyclic amines) is 1. The van der Waals surface area contributed by atoms with E-state index in [-0.39, 0.29) is 37.5 Å². The van der Waals surface area contributed by atoms with E-state index in [1.165, 1.54) is 0 Å². The fourth-order valence-corrected chi connectivity index (χ4v) is 3.59. The third-order valence-corrected chi connectivity index (χ3v) is 4.80. The average molecular weight is 377 g/mol. The molecular formula is C21H31NO5. The van der Waals surface area contributed by atoms with Crippen LogP contribution in [0, 0.1) is 0 Å². The molecule has 0 aliphatic carbocycles. The van der Waals surface area contributed by atoms with Crippen LogP contribution in [0.1, 0.15) is 30.7 Å². The number of nitrogens with zero attached hydrogens (tertiary/aromatic N) is 1. The van der Waals surface area contributed by atoms with Crippen LogP contribution in [0.3, 0.4) is 0 Å². The van der Waals surface area contributed by atoms with E-state index in [0.29, 0.717) is 19.6 Å². The van der Waals surface area contributed by atoms with Crippen LogP contribution < -0.4 is 0 Å². The van der Waals surface area contributed by atoms with Crippen LogP contribution in [-0.2, 0) is 23.7 Å². The Hall–Kier alpha value is -1.73. The number of methoxy groups -OCH3 is 2. The van der Waals surface area contributed by atoms with Gasteiger partial charge in [-0.2, -0.15) is 0 Å². The number of hydrogen-bond acceptors (Lipinski definition) is 5. The number of allylic oxidation sites excluding steroid dienone is 1. The van der Waals surface area contributed by atoms with Crippen molar-refractivity contribution >= 4 is 5.91 Å². The van der Waals surface area contributed by atoms with Gasteiger partial charge in [0.1, 0.15) is 13.6 Å². The lowest BCUT2D eigenvalue weighted by Crippen LogP contribution is -2.47. The predicted molar refractivity (Wildman–Crippen MR) is 103 cm³/mol. The topological polar surface area (TPSA) is 57.2 Å². The number of benzene rings is 1. The van der Waals surface area contributed by atoms with Crippen molar-refractivity contribution in [3.05, 3.63) is 48.6 Å². The summed E-state index contributed by atoms with van der Waals surface area (Å²) in [4.78, 5) is 15.5. The summed E-state index contributed by atoms with van der Waals surface area (Å²) in [5.74, 6) is -0.160. The molecule has 1 aromatic carbocycles. The monoisotopic (exact) mass is 377 g/mol. The predicted octanol–water partition coefficient (Wildman–Crippen LogP) is 2.95. The highest BCUT2D eigenvalue weighted by molar-refractivity contribution is 5.85. The molecule has 27 heavy (non-hydrogen) atoms. The van der Waals surface area contributed by atoms with Crippen molar-refractivity contribution in [3.8, 4) is 0 Å². The summed E-state index contributed by atoms with van der Waals surface area (Å²) in [6, 6.07) is 9.89. The summed E-state index contributed by atoms with van der Waals surface area (Å²) in [5.41, 5.74) is 1.00. The summed E-state index contributed by atoms with van der Waals surface area (Å²) in [7, 11) is 3.18. The summed E-state index contributed by atoms with van der Waals surface area (Å²) >= 11 is 0. The molecule has 150 valence electrons. The van der Waals surface area contributed by atoms with Crippen LogP contribution in [0.2, 0.25) is 0 Å². The van der Waals surface area contributed by atoms with E-state index in [2.05, 4.69) is 6.58 Å². The highest BCUT2D eigenvalue weighted by atomic mass is 16.7. The highest BCUT2D eigenvalue weighted by Gasteiger charge is 2.39. The molecule has 6 nitrogen and oxygen atoms in total. The molecule has 3 atom stereocenters. The molecule has 1 aromatic rings. The van der Waals surface area contributed by atoms with Crippen molar-refractivity contribution < 1.29 is 23.7 Å². The third-order valence-electron chi connectivity index (χ3n) is 4.80. The van der Waals surface area contributed by atoms with Gasteiger partial charge in [-0.15, -0.1) is 6.58 Å². The van der Waals surface area contributed by atoms with E-state index in [0.717, 1.165) is 18.4 Å². The molecular weight excluding hydrogens is 346 g/mol. The van der Waals surface area contributed by atoms with Crippen molar-refractivity contribution in [2.24, 2.45) is 0 Å². The minimum absolute atomic E-state index is 0.0137. The molecule has 1 aliphatic heterocycles. The van der Waals surface area contributed by atoms with Crippen molar-refractivity contribution in [3.63, 3.8) is 0 Å². The molecule has 0 bridgehead atoms. The summed E-state index contributed by atoms with van der Waals surface area (Å²) in [6.45, 7) is 5.19.